The second-order valence-corrected chi connectivity index (χ2v) is 4.14. The second kappa shape index (κ2) is 8.26. The van der Waals surface area contributed by atoms with Crippen LogP contribution >= 0.6 is 0 Å². The quantitative estimate of drug-likeness (QED) is 0.544. The number of nitrogens with two attached hydrogens (primary N) is 1. The van der Waals surface area contributed by atoms with Gasteiger partial charge in [-0.15, -0.1) is 0 Å². The minimum atomic E-state index is -0.115. The van der Waals surface area contributed by atoms with Crippen molar-refractivity contribution in [1.29, 1.82) is 0 Å². The van der Waals surface area contributed by atoms with Gasteiger partial charge in [-0.1, -0.05) is 0 Å². The highest BCUT2D eigenvalue weighted by Gasteiger charge is 2.09. The monoisotopic (exact) mass is 264 g/mol. The number of methoxy groups -OCH3 is 1. The van der Waals surface area contributed by atoms with Gasteiger partial charge < -0.3 is 15.8 Å². The maximum absolute atomic E-state index is 11.8. The summed E-state index contributed by atoms with van der Waals surface area (Å²) < 4.78 is 5.02. The molecule has 1 amide bonds. The fourth-order valence-electron chi connectivity index (χ4n) is 1.57. The molecule has 1 aromatic carbocycles. The van der Waals surface area contributed by atoms with Crippen molar-refractivity contribution in [1.82, 2.24) is 5.32 Å². The third kappa shape index (κ3) is 5.52. The van der Waals surface area contributed by atoms with Gasteiger partial charge in [-0.25, -0.2) is 0 Å². The van der Waals surface area contributed by atoms with Crippen LogP contribution in [0.4, 0.5) is 0 Å². The Kier molecular flexibility index (Phi) is 6.60. The number of amides is 1. The summed E-state index contributed by atoms with van der Waals surface area (Å²) in [7, 11) is 1.57. The standard InChI is InChI=1S/C14H20N2O3/c1-19-12-5-3-11(4-6-12)13(17)7-8-14(18)16-10-2-9-15/h3-6H,2,7-10,15H2,1H3,(H,16,18). The molecule has 0 radical (unpaired) electrons. The van der Waals surface area contributed by atoms with E-state index in [1.165, 1.54) is 0 Å². The normalized spacial score (nSPS) is 10.0. The van der Waals surface area contributed by atoms with E-state index in [0.29, 0.717) is 24.4 Å². The molecule has 0 aliphatic rings. The van der Waals surface area contributed by atoms with Crippen LogP contribution in [0.3, 0.4) is 0 Å². The van der Waals surface area contributed by atoms with Crippen molar-refractivity contribution in [2.45, 2.75) is 19.3 Å². The van der Waals surface area contributed by atoms with Crippen molar-refractivity contribution < 1.29 is 14.3 Å². The zero-order valence-electron chi connectivity index (χ0n) is 11.1. The molecule has 1 aromatic rings. The largest absolute Gasteiger partial charge is 0.497 e. The Labute approximate surface area is 113 Å². The van der Waals surface area contributed by atoms with Gasteiger partial charge in [0.25, 0.3) is 0 Å². The van der Waals surface area contributed by atoms with E-state index in [-0.39, 0.29) is 24.5 Å². The van der Waals surface area contributed by atoms with E-state index in [4.69, 9.17) is 10.5 Å². The molecule has 0 saturated heterocycles. The molecule has 0 spiro atoms. The number of nitrogens with one attached hydrogen (secondary N) is 1. The molecule has 0 unspecified atom stereocenters. The number of carbonyl (C=O) groups is 2. The number of benzene rings is 1. The van der Waals surface area contributed by atoms with E-state index in [0.717, 1.165) is 6.42 Å². The summed E-state index contributed by atoms with van der Waals surface area (Å²) >= 11 is 0. The summed E-state index contributed by atoms with van der Waals surface area (Å²) in [6.07, 6.45) is 1.16. The van der Waals surface area contributed by atoms with Crippen molar-refractivity contribution in [3.63, 3.8) is 0 Å². The van der Waals surface area contributed by atoms with Gasteiger partial charge in [0.05, 0.1) is 7.11 Å². The van der Waals surface area contributed by atoms with Crippen LogP contribution in [0.25, 0.3) is 0 Å². The van der Waals surface area contributed by atoms with Gasteiger partial charge in [0.15, 0.2) is 5.78 Å². The average Bonchev–Trinajstić information content (AvgIpc) is 2.45. The van der Waals surface area contributed by atoms with Crippen LogP contribution in [-0.2, 0) is 4.79 Å². The lowest BCUT2D eigenvalue weighted by Crippen LogP contribution is -2.26. The molecular formula is C14H20N2O3. The zero-order chi connectivity index (χ0) is 14.1. The van der Waals surface area contributed by atoms with E-state index in [1.807, 2.05) is 0 Å². The number of ether oxygens (including phenoxy) is 1. The van der Waals surface area contributed by atoms with Gasteiger partial charge in [-0.2, -0.15) is 0 Å². The molecule has 104 valence electrons. The summed E-state index contributed by atoms with van der Waals surface area (Å²) in [5.41, 5.74) is 5.91. The first kappa shape index (κ1) is 15.2. The van der Waals surface area contributed by atoms with E-state index in [1.54, 1.807) is 31.4 Å². The van der Waals surface area contributed by atoms with Gasteiger partial charge in [0.2, 0.25) is 5.91 Å². The van der Waals surface area contributed by atoms with Crippen molar-refractivity contribution in [2.75, 3.05) is 20.2 Å². The number of hydrogen-bond donors (Lipinski definition) is 2. The Bertz CT molecular complexity index is 415. The SMILES string of the molecule is COc1ccc(C(=O)CCC(=O)NCCCN)cc1. The van der Waals surface area contributed by atoms with Crippen LogP contribution in [0.15, 0.2) is 24.3 Å². The predicted molar refractivity (Wildman–Crippen MR) is 73.2 cm³/mol. The summed E-state index contributed by atoms with van der Waals surface area (Å²) in [5, 5.41) is 2.72. The first-order valence-corrected chi connectivity index (χ1v) is 6.31. The molecule has 0 heterocycles. The molecule has 0 aliphatic heterocycles. The third-order valence-corrected chi connectivity index (χ3v) is 2.69. The molecule has 3 N–H and O–H groups in total. The summed E-state index contributed by atoms with van der Waals surface area (Å²) in [6.45, 7) is 1.11. The lowest BCUT2D eigenvalue weighted by atomic mass is 10.1. The van der Waals surface area contributed by atoms with Crippen LogP contribution < -0.4 is 15.8 Å². The Morgan fingerprint density at radius 2 is 1.89 bits per heavy atom. The van der Waals surface area contributed by atoms with Crippen LogP contribution in [-0.4, -0.2) is 31.9 Å². The molecule has 0 bridgehead atoms. The molecule has 1 rings (SSSR count). The van der Waals surface area contributed by atoms with Crippen LogP contribution in [0.2, 0.25) is 0 Å². The topological polar surface area (TPSA) is 81.4 Å². The number of ketones is 1. The van der Waals surface area contributed by atoms with Crippen LogP contribution in [0.5, 0.6) is 5.75 Å². The molecule has 0 aromatic heterocycles. The lowest BCUT2D eigenvalue weighted by molar-refractivity contribution is -0.121. The molecule has 5 heteroatoms. The Morgan fingerprint density at radius 1 is 1.21 bits per heavy atom. The summed E-state index contributed by atoms with van der Waals surface area (Å²) in [5.74, 6) is 0.544. The number of carbonyl (C=O) groups excluding carboxylic acids is 2. The number of hydrogen-bond acceptors (Lipinski definition) is 4. The molecule has 19 heavy (non-hydrogen) atoms. The van der Waals surface area contributed by atoms with Crippen LogP contribution in [0, 0.1) is 0 Å². The van der Waals surface area contributed by atoms with Crippen molar-refractivity contribution in [3.8, 4) is 5.75 Å². The maximum atomic E-state index is 11.8. The molecular weight excluding hydrogens is 244 g/mol. The van der Waals surface area contributed by atoms with Gasteiger partial charge in [0, 0.05) is 24.9 Å². The van der Waals surface area contributed by atoms with E-state index in [9.17, 15) is 9.59 Å². The van der Waals surface area contributed by atoms with Gasteiger partial charge in [-0.3, -0.25) is 9.59 Å². The van der Waals surface area contributed by atoms with Crippen molar-refractivity contribution >= 4 is 11.7 Å². The highest BCUT2D eigenvalue weighted by Crippen LogP contribution is 2.13. The highest BCUT2D eigenvalue weighted by molar-refractivity contribution is 5.98. The first-order chi connectivity index (χ1) is 9.17. The average molecular weight is 264 g/mol. The van der Waals surface area contributed by atoms with Crippen LogP contribution in [0.1, 0.15) is 29.6 Å². The van der Waals surface area contributed by atoms with Crippen molar-refractivity contribution in [3.05, 3.63) is 29.8 Å². The Morgan fingerprint density at radius 3 is 2.47 bits per heavy atom. The van der Waals surface area contributed by atoms with E-state index >= 15 is 0 Å². The summed E-state index contributed by atoms with van der Waals surface area (Å²) in [4.78, 5) is 23.3. The number of rotatable bonds is 8. The molecule has 0 fully saturated rings. The molecule has 0 saturated carbocycles. The fourth-order valence-corrected chi connectivity index (χ4v) is 1.57. The Balaban J connectivity index is 2.35. The Hall–Kier alpha value is -1.88. The maximum Gasteiger partial charge on any atom is 0.220 e. The zero-order valence-corrected chi connectivity index (χ0v) is 11.1. The van der Waals surface area contributed by atoms with E-state index < -0.39 is 0 Å². The van der Waals surface area contributed by atoms with Gasteiger partial charge in [0.1, 0.15) is 5.75 Å². The number of Topliss-reactive ketones (excluding diaryl/α,β-unsaturated/α-hetero) is 1. The third-order valence-electron chi connectivity index (χ3n) is 2.69. The molecule has 5 nitrogen and oxygen atoms in total. The highest BCUT2D eigenvalue weighted by atomic mass is 16.5. The lowest BCUT2D eigenvalue weighted by Gasteiger charge is -2.04. The minimum absolute atomic E-state index is 0.0448. The second-order valence-electron chi connectivity index (χ2n) is 4.14. The minimum Gasteiger partial charge on any atom is -0.497 e. The first-order valence-electron chi connectivity index (χ1n) is 6.31. The van der Waals surface area contributed by atoms with Gasteiger partial charge in [-0.05, 0) is 37.2 Å². The fraction of sp³-hybridized carbons (Fsp3) is 0.429. The predicted octanol–water partition coefficient (Wildman–Crippen LogP) is 1.12. The molecule has 0 atom stereocenters. The van der Waals surface area contributed by atoms with Gasteiger partial charge >= 0.3 is 0 Å². The smallest absolute Gasteiger partial charge is 0.220 e. The van der Waals surface area contributed by atoms with E-state index in [2.05, 4.69) is 5.32 Å². The summed E-state index contributed by atoms with van der Waals surface area (Å²) in [6, 6.07) is 6.87. The molecule has 0 aliphatic carbocycles. The van der Waals surface area contributed by atoms with Crippen molar-refractivity contribution in [2.24, 2.45) is 5.73 Å².